The molecule has 0 fully saturated rings. The summed E-state index contributed by atoms with van der Waals surface area (Å²) in [5, 5.41) is 8.25. The highest BCUT2D eigenvalue weighted by Crippen LogP contribution is 2.11. The van der Waals surface area contributed by atoms with Crippen LogP contribution in [0.5, 0.6) is 0 Å². The highest BCUT2D eigenvalue weighted by molar-refractivity contribution is 5.47. The number of nitrogens with zero attached hydrogens (tertiary/aromatic N) is 4. The minimum atomic E-state index is 0.693. The second-order valence-corrected chi connectivity index (χ2v) is 3.84. The van der Waals surface area contributed by atoms with E-state index in [0.29, 0.717) is 12.1 Å². The van der Waals surface area contributed by atoms with Crippen molar-refractivity contribution in [3.8, 4) is 0 Å². The summed E-state index contributed by atoms with van der Waals surface area (Å²) in [6, 6.07) is 7.60. The number of hydrogen-bond acceptors (Lipinski definition) is 4. The third-order valence-corrected chi connectivity index (χ3v) is 2.58. The summed E-state index contributed by atoms with van der Waals surface area (Å²) in [5.41, 5.74) is 8.36. The van der Waals surface area contributed by atoms with E-state index in [1.807, 2.05) is 41.1 Å². The molecule has 5 heteroatoms. The molecule has 0 saturated heterocycles. The number of aromatic nitrogens is 4. The first kappa shape index (κ1) is 9.77. The highest BCUT2D eigenvalue weighted by atomic mass is 15.2. The maximum atomic E-state index is 5.76. The van der Waals surface area contributed by atoms with Gasteiger partial charge in [-0.05, 0) is 23.8 Å². The van der Waals surface area contributed by atoms with Gasteiger partial charge in [0.2, 0.25) is 0 Å². The Kier molecular flexibility index (Phi) is 2.22. The van der Waals surface area contributed by atoms with E-state index >= 15 is 0 Å². The van der Waals surface area contributed by atoms with Crippen LogP contribution in [0.2, 0.25) is 0 Å². The molecule has 0 aliphatic heterocycles. The molecule has 3 aromatic heterocycles. The molecular weight excluding hydrogens is 214 g/mol. The number of rotatable bonds is 2. The van der Waals surface area contributed by atoms with Gasteiger partial charge < -0.3 is 5.73 Å². The Labute approximate surface area is 97.9 Å². The summed E-state index contributed by atoms with van der Waals surface area (Å²) >= 11 is 0. The average Bonchev–Trinajstić information content (AvgIpc) is 2.73. The Balaban J connectivity index is 2.03. The molecule has 0 aliphatic rings. The van der Waals surface area contributed by atoms with Gasteiger partial charge in [0, 0.05) is 30.7 Å². The van der Waals surface area contributed by atoms with Gasteiger partial charge in [-0.25, -0.2) is 0 Å². The van der Waals surface area contributed by atoms with Crippen LogP contribution in [0.1, 0.15) is 11.4 Å². The monoisotopic (exact) mass is 225 g/mol. The van der Waals surface area contributed by atoms with Crippen molar-refractivity contribution in [2.45, 2.75) is 6.42 Å². The minimum absolute atomic E-state index is 0.693. The quantitative estimate of drug-likeness (QED) is 0.713. The SMILES string of the molecule is Nc1ccc2nnc(Cc3cccnc3)n2c1. The van der Waals surface area contributed by atoms with Crippen LogP contribution in [0, 0.1) is 0 Å². The van der Waals surface area contributed by atoms with Gasteiger partial charge in [-0.3, -0.25) is 9.38 Å². The molecule has 17 heavy (non-hydrogen) atoms. The van der Waals surface area contributed by atoms with Gasteiger partial charge in [-0.15, -0.1) is 10.2 Å². The maximum Gasteiger partial charge on any atom is 0.160 e. The second kappa shape index (κ2) is 3.86. The molecule has 0 spiro atoms. The molecule has 0 atom stereocenters. The molecule has 0 aliphatic carbocycles. The van der Waals surface area contributed by atoms with Crippen LogP contribution in [-0.4, -0.2) is 19.6 Å². The number of fused-ring (bicyclic) bond motifs is 1. The van der Waals surface area contributed by atoms with Gasteiger partial charge in [0.05, 0.1) is 0 Å². The van der Waals surface area contributed by atoms with Crippen LogP contribution < -0.4 is 5.73 Å². The Morgan fingerprint density at radius 2 is 2.12 bits per heavy atom. The molecule has 2 N–H and O–H groups in total. The third-order valence-electron chi connectivity index (χ3n) is 2.58. The van der Waals surface area contributed by atoms with Gasteiger partial charge in [0.25, 0.3) is 0 Å². The Hall–Kier alpha value is -2.43. The number of nitrogen functional groups attached to an aromatic ring is 1. The zero-order valence-corrected chi connectivity index (χ0v) is 9.11. The van der Waals surface area contributed by atoms with Crippen molar-refractivity contribution in [1.82, 2.24) is 19.6 Å². The standard InChI is InChI=1S/C12H11N5/c13-10-3-4-11-15-16-12(17(11)8-10)6-9-2-1-5-14-7-9/h1-5,7-8H,6,13H2. The van der Waals surface area contributed by atoms with E-state index in [4.69, 9.17) is 5.73 Å². The van der Waals surface area contributed by atoms with E-state index in [9.17, 15) is 0 Å². The molecule has 84 valence electrons. The summed E-state index contributed by atoms with van der Waals surface area (Å²) in [5.74, 6) is 0.861. The minimum Gasteiger partial charge on any atom is -0.398 e. The predicted molar refractivity (Wildman–Crippen MR) is 64.4 cm³/mol. The van der Waals surface area contributed by atoms with Crippen molar-refractivity contribution in [3.63, 3.8) is 0 Å². The molecular formula is C12H11N5. The predicted octanol–water partition coefficient (Wildman–Crippen LogP) is 1.30. The topological polar surface area (TPSA) is 69.1 Å². The molecule has 3 aromatic rings. The first-order valence-corrected chi connectivity index (χ1v) is 5.31. The fourth-order valence-corrected chi connectivity index (χ4v) is 1.76. The summed E-state index contributed by atoms with van der Waals surface area (Å²) in [6.07, 6.45) is 6.11. The van der Waals surface area contributed by atoms with Crippen LogP contribution >= 0.6 is 0 Å². The molecule has 0 unspecified atom stereocenters. The van der Waals surface area contributed by atoms with Crippen molar-refractivity contribution in [1.29, 1.82) is 0 Å². The van der Waals surface area contributed by atoms with Crippen LogP contribution in [0.15, 0.2) is 42.9 Å². The fraction of sp³-hybridized carbons (Fsp3) is 0.0833. The van der Waals surface area contributed by atoms with Crippen LogP contribution in [-0.2, 0) is 6.42 Å². The Bertz CT molecular complexity index is 644. The number of anilines is 1. The van der Waals surface area contributed by atoms with E-state index in [1.54, 1.807) is 6.20 Å². The van der Waals surface area contributed by atoms with Crippen molar-refractivity contribution in [2.24, 2.45) is 0 Å². The normalized spacial score (nSPS) is 10.8. The third kappa shape index (κ3) is 1.82. The molecule has 3 rings (SSSR count). The number of nitrogens with two attached hydrogens (primary N) is 1. The van der Waals surface area contributed by atoms with E-state index < -0.39 is 0 Å². The lowest BCUT2D eigenvalue weighted by Gasteiger charge is -2.00. The molecule has 0 amide bonds. The summed E-state index contributed by atoms with van der Waals surface area (Å²) in [7, 11) is 0. The van der Waals surface area contributed by atoms with Crippen LogP contribution in [0.3, 0.4) is 0 Å². The zero-order chi connectivity index (χ0) is 11.7. The largest absolute Gasteiger partial charge is 0.398 e. The fourth-order valence-electron chi connectivity index (χ4n) is 1.76. The molecule has 0 aromatic carbocycles. The summed E-state index contributed by atoms with van der Waals surface area (Å²) in [6.45, 7) is 0. The van der Waals surface area contributed by atoms with Gasteiger partial charge in [0.15, 0.2) is 5.65 Å². The average molecular weight is 225 g/mol. The molecule has 0 radical (unpaired) electrons. The molecule has 0 saturated carbocycles. The lowest BCUT2D eigenvalue weighted by atomic mass is 10.2. The van der Waals surface area contributed by atoms with Crippen molar-refractivity contribution >= 4 is 11.3 Å². The van der Waals surface area contributed by atoms with Gasteiger partial charge in [-0.1, -0.05) is 6.07 Å². The lowest BCUT2D eigenvalue weighted by molar-refractivity contribution is 0.930. The van der Waals surface area contributed by atoms with Crippen molar-refractivity contribution < 1.29 is 0 Å². The van der Waals surface area contributed by atoms with E-state index in [0.717, 1.165) is 17.0 Å². The summed E-state index contributed by atoms with van der Waals surface area (Å²) in [4.78, 5) is 4.08. The van der Waals surface area contributed by atoms with E-state index in [1.165, 1.54) is 0 Å². The molecule has 3 heterocycles. The summed E-state index contributed by atoms with van der Waals surface area (Å²) < 4.78 is 1.91. The van der Waals surface area contributed by atoms with Gasteiger partial charge >= 0.3 is 0 Å². The first-order chi connectivity index (χ1) is 8.33. The van der Waals surface area contributed by atoms with Gasteiger partial charge in [-0.2, -0.15) is 0 Å². The van der Waals surface area contributed by atoms with E-state index in [-0.39, 0.29) is 0 Å². The van der Waals surface area contributed by atoms with Crippen LogP contribution in [0.4, 0.5) is 5.69 Å². The lowest BCUT2D eigenvalue weighted by Crippen LogP contribution is -1.98. The smallest absolute Gasteiger partial charge is 0.160 e. The second-order valence-electron chi connectivity index (χ2n) is 3.84. The Morgan fingerprint density at radius 1 is 1.18 bits per heavy atom. The number of pyridine rings is 2. The molecule has 0 bridgehead atoms. The maximum absolute atomic E-state index is 5.76. The van der Waals surface area contributed by atoms with E-state index in [2.05, 4.69) is 15.2 Å². The highest BCUT2D eigenvalue weighted by Gasteiger charge is 2.06. The van der Waals surface area contributed by atoms with Crippen LogP contribution in [0.25, 0.3) is 5.65 Å². The Morgan fingerprint density at radius 3 is 2.94 bits per heavy atom. The van der Waals surface area contributed by atoms with Gasteiger partial charge in [0.1, 0.15) is 5.82 Å². The first-order valence-electron chi connectivity index (χ1n) is 5.31. The zero-order valence-electron chi connectivity index (χ0n) is 9.11. The van der Waals surface area contributed by atoms with Crippen molar-refractivity contribution in [2.75, 3.05) is 5.73 Å². The molecule has 5 nitrogen and oxygen atoms in total. The van der Waals surface area contributed by atoms with Crippen molar-refractivity contribution in [3.05, 3.63) is 54.2 Å². The number of hydrogen-bond donors (Lipinski definition) is 1.